The van der Waals surface area contributed by atoms with Crippen molar-refractivity contribution < 1.29 is 14.4 Å². The molecule has 2 N–H and O–H groups in total. The third kappa shape index (κ3) is 7.75. The minimum Gasteiger partial charge on any atom is -0.343 e. The van der Waals surface area contributed by atoms with Gasteiger partial charge in [0, 0.05) is 70.2 Å². The van der Waals surface area contributed by atoms with Crippen LogP contribution in [0.25, 0.3) is 0 Å². The topological polar surface area (TPSA) is 88.2 Å². The van der Waals surface area contributed by atoms with E-state index in [2.05, 4.69) is 34.5 Å². The summed E-state index contributed by atoms with van der Waals surface area (Å²) in [5.74, 6) is 0.514. The van der Waals surface area contributed by atoms with Crippen LogP contribution in [0.4, 0.5) is 0 Å². The predicted molar refractivity (Wildman–Crippen MR) is 158 cm³/mol. The molecule has 0 aromatic heterocycles. The average Bonchev–Trinajstić information content (AvgIpc) is 3.40. The predicted octanol–water partition coefficient (Wildman–Crippen LogP) is 2.54. The zero-order valence-corrected chi connectivity index (χ0v) is 25.4. The summed E-state index contributed by atoms with van der Waals surface area (Å²) in [4.78, 5) is 42.8. The fraction of sp³-hybridized carbons (Fsp3) is 0.700. The second-order valence-corrected chi connectivity index (χ2v) is 12.7. The Morgan fingerprint density at radius 1 is 1.05 bits per heavy atom. The van der Waals surface area contributed by atoms with Gasteiger partial charge in [0.05, 0.1) is 5.54 Å². The number of hydrogen-bond acceptors (Lipinski definition) is 6. The zero-order chi connectivity index (χ0) is 28.9. The number of amides is 3. The highest BCUT2D eigenvalue weighted by molar-refractivity contribution is 6.30. The molecular formula is C30H47ClN6O3. The van der Waals surface area contributed by atoms with Gasteiger partial charge in [0.2, 0.25) is 17.7 Å². The summed E-state index contributed by atoms with van der Waals surface area (Å²) >= 11 is 6.09. The van der Waals surface area contributed by atoms with E-state index in [1.54, 1.807) is 6.92 Å². The van der Waals surface area contributed by atoms with Gasteiger partial charge in [0.15, 0.2) is 0 Å². The number of hydrogen-bond donors (Lipinski definition) is 2. The molecule has 2 atom stereocenters. The summed E-state index contributed by atoms with van der Waals surface area (Å²) in [6, 6.07) is 7.25. The van der Waals surface area contributed by atoms with E-state index in [-0.39, 0.29) is 17.7 Å². The summed E-state index contributed by atoms with van der Waals surface area (Å²) in [5, 5.41) is 12.0. The third-order valence-corrected chi connectivity index (χ3v) is 8.89. The van der Waals surface area contributed by atoms with Gasteiger partial charge in [-0.2, -0.15) is 0 Å². The first-order valence-electron chi connectivity index (χ1n) is 14.9. The molecule has 3 fully saturated rings. The molecule has 2 unspecified atom stereocenters. The van der Waals surface area contributed by atoms with Crippen molar-refractivity contribution in [3.63, 3.8) is 0 Å². The number of piperidine rings is 1. The molecule has 9 nitrogen and oxygen atoms in total. The van der Waals surface area contributed by atoms with E-state index in [4.69, 9.17) is 11.6 Å². The Kier molecular flexibility index (Phi) is 10.5. The van der Waals surface area contributed by atoms with Crippen LogP contribution in [0.3, 0.4) is 0 Å². The summed E-state index contributed by atoms with van der Waals surface area (Å²) in [6.45, 7) is 14.1. The second kappa shape index (κ2) is 13.6. The Labute approximate surface area is 244 Å². The number of carbonyl (C=O) groups is 3. The summed E-state index contributed by atoms with van der Waals surface area (Å²) in [6.07, 6.45) is 4.06. The fourth-order valence-electron chi connectivity index (χ4n) is 6.20. The van der Waals surface area contributed by atoms with Gasteiger partial charge in [-0.3, -0.25) is 14.4 Å². The van der Waals surface area contributed by atoms with Gasteiger partial charge in [-0.1, -0.05) is 37.6 Å². The Morgan fingerprint density at radius 2 is 1.70 bits per heavy atom. The average molecular weight is 575 g/mol. The lowest BCUT2D eigenvalue weighted by molar-refractivity contribution is -0.146. The lowest BCUT2D eigenvalue weighted by atomic mass is 9.97. The van der Waals surface area contributed by atoms with Crippen molar-refractivity contribution in [2.75, 3.05) is 52.4 Å². The highest BCUT2D eigenvalue weighted by Crippen LogP contribution is 2.23. The van der Waals surface area contributed by atoms with E-state index in [0.717, 1.165) is 70.5 Å². The van der Waals surface area contributed by atoms with Crippen LogP contribution < -0.4 is 10.6 Å². The molecule has 1 aromatic rings. The molecule has 3 saturated heterocycles. The van der Waals surface area contributed by atoms with Crippen molar-refractivity contribution >= 4 is 29.3 Å². The summed E-state index contributed by atoms with van der Waals surface area (Å²) in [5.41, 5.74) is 0.318. The van der Waals surface area contributed by atoms with Crippen molar-refractivity contribution in [2.24, 2.45) is 5.92 Å². The Hall–Kier alpha value is -2.20. The maximum Gasteiger partial charge on any atom is 0.245 e. The molecule has 0 radical (unpaired) electrons. The number of likely N-dealkylation sites (tertiary alicyclic amines) is 1. The third-order valence-electron chi connectivity index (χ3n) is 8.64. The number of benzene rings is 1. The SMILES string of the molecule is CC(=O)N1CCC(N(CC(C)C)N2CCN(C(=O)C(Cc3ccc(Cl)cc3)NC(=O)C3(C)CCCN3)CC2)CC1. The van der Waals surface area contributed by atoms with Gasteiger partial charge in [-0.05, 0) is 62.8 Å². The number of hydrazine groups is 1. The maximum atomic E-state index is 13.9. The molecule has 222 valence electrons. The van der Waals surface area contributed by atoms with Crippen molar-refractivity contribution in [1.82, 2.24) is 30.5 Å². The molecule has 1 aromatic carbocycles. The highest BCUT2D eigenvalue weighted by Gasteiger charge is 2.39. The molecular weight excluding hydrogens is 528 g/mol. The van der Waals surface area contributed by atoms with Gasteiger partial charge < -0.3 is 20.4 Å². The van der Waals surface area contributed by atoms with Crippen molar-refractivity contribution in [3.05, 3.63) is 34.9 Å². The van der Waals surface area contributed by atoms with Gasteiger partial charge in [-0.25, -0.2) is 10.0 Å². The van der Waals surface area contributed by atoms with Crippen molar-refractivity contribution in [2.45, 2.75) is 77.4 Å². The van der Waals surface area contributed by atoms with Crippen molar-refractivity contribution in [1.29, 1.82) is 0 Å². The molecule has 4 rings (SSSR count). The molecule has 3 amide bonds. The number of carbonyl (C=O) groups excluding carboxylic acids is 3. The van der Waals surface area contributed by atoms with Crippen LogP contribution in [0, 0.1) is 5.92 Å². The Balaban J connectivity index is 1.41. The number of piperazine rings is 1. The smallest absolute Gasteiger partial charge is 0.245 e. The van der Waals surface area contributed by atoms with Crippen LogP contribution in [-0.4, -0.2) is 108 Å². The van der Waals surface area contributed by atoms with E-state index >= 15 is 0 Å². The molecule has 40 heavy (non-hydrogen) atoms. The van der Waals surface area contributed by atoms with Gasteiger partial charge in [-0.15, -0.1) is 0 Å². The van der Waals surface area contributed by atoms with Crippen LogP contribution in [0.15, 0.2) is 24.3 Å². The number of nitrogens with one attached hydrogen (secondary N) is 2. The lowest BCUT2D eigenvalue weighted by Gasteiger charge is -2.47. The van der Waals surface area contributed by atoms with Gasteiger partial charge in [0.1, 0.15) is 6.04 Å². The molecule has 0 bridgehead atoms. The van der Waals surface area contributed by atoms with E-state index in [1.807, 2.05) is 41.0 Å². The van der Waals surface area contributed by atoms with E-state index in [0.29, 0.717) is 36.5 Å². The molecule has 3 heterocycles. The summed E-state index contributed by atoms with van der Waals surface area (Å²) < 4.78 is 0. The number of nitrogens with zero attached hydrogens (tertiary/aromatic N) is 4. The quantitative estimate of drug-likeness (QED) is 0.471. The van der Waals surface area contributed by atoms with Crippen LogP contribution >= 0.6 is 11.6 Å². The minimum absolute atomic E-state index is 0.0327. The van der Waals surface area contributed by atoms with Crippen molar-refractivity contribution in [3.8, 4) is 0 Å². The Bertz CT molecular complexity index is 1010. The second-order valence-electron chi connectivity index (χ2n) is 12.3. The van der Waals surface area contributed by atoms with Crippen LogP contribution in [0.5, 0.6) is 0 Å². The molecule has 0 aliphatic carbocycles. The first kappa shape index (κ1) is 30.8. The maximum absolute atomic E-state index is 13.9. The monoisotopic (exact) mass is 574 g/mol. The number of halogens is 1. The molecule has 3 aliphatic heterocycles. The lowest BCUT2D eigenvalue weighted by Crippen LogP contribution is -2.62. The zero-order valence-electron chi connectivity index (χ0n) is 24.6. The molecule has 0 saturated carbocycles. The van der Waals surface area contributed by atoms with Gasteiger partial charge >= 0.3 is 0 Å². The molecule has 10 heteroatoms. The first-order chi connectivity index (χ1) is 19.1. The molecule has 0 spiro atoms. The van der Waals surface area contributed by atoms with E-state index in [9.17, 15) is 14.4 Å². The van der Waals surface area contributed by atoms with Crippen LogP contribution in [0.1, 0.15) is 58.9 Å². The standard InChI is InChI=1S/C30H47ClN6O3/c1-22(2)21-37(26-10-14-34(15-11-26)23(3)38)36-18-16-35(17-19-36)28(39)27(20-24-6-8-25(31)9-7-24)33-29(40)30(4)12-5-13-32-30/h6-9,22,26-27,32H,5,10-21H2,1-4H3,(H,33,40). The van der Waals surface area contributed by atoms with E-state index < -0.39 is 11.6 Å². The first-order valence-corrected chi connectivity index (χ1v) is 15.3. The minimum atomic E-state index is -0.646. The normalized spacial score (nSPS) is 23.6. The van der Waals surface area contributed by atoms with E-state index in [1.165, 1.54) is 0 Å². The van der Waals surface area contributed by atoms with Gasteiger partial charge in [0.25, 0.3) is 0 Å². The summed E-state index contributed by atoms with van der Waals surface area (Å²) in [7, 11) is 0. The fourth-order valence-corrected chi connectivity index (χ4v) is 6.33. The Morgan fingerprint density at radius 3 is 2.25 bits per heavy atom. The largest absolute Gasteiger partial charge is 0.343 e. The van der Waals surface area contributed by atoms with Crippen LogP contribution in [0.2, 0.25) is 5.02 Å². The number of rotatable bonds is 9. The molecule has 3 aliphatic rings. The van der Waals surface area contributed by atoms with Crippen LogP contribution in [-0.2, 0) is 20.8 Å². The highest BCUT2D eigenvalue weighted by atomic mass is 35.5.